The molecule has 2 rings (SSSR count). The summed E-state index contributed by atoms with van der Waals surface area (Å²) in [6, 6.07) is 8.79. The Morgan fingerprint density at radius 2 is 1.84 bits per heavy atom. The Bertz CT molecular complexity index is 550. The van der Waals surface area contributed by atoms with Gasteiger partial charge in [-0.2, -0.15) is 0 Å². The summed E-state index contributed by atoms with van der Waals surface area (Å²) in [5, 5.41) is 0. The van der Waals surface area contributed by atoms with Crippen LogP contribution in [0.1, 0.15) is 30.9 Å². The monoisotopic (exact) mass is 257 g/mol. The molecule has 102 valence electrons. The van der Waals surface area contributed by atoms with Crippen molar-refractivity contribution in [3.05, 3.63) is 41.3 Å². The molecule has 1 aromatic carbocycles. The molecule has 0 unspecified atom stereocenters. The van der Waals surface area contributed by atoms with Gasteiger partial charge >= 0.3 is 0 Å². The van der Waals surface area contributed by atoms with E-state index in [0.717, 1.165) is 23.6 Å². The van der Waals surface area contributed by atoms with Crippen molar-refractivity contribution in [3.63, 3.8) is 0 Å². The van der Waals surface area contributed by atoms with Gasteiger partial charge in [-0.3, -0.25) is 0 Å². The second-order valence-electron chi connectivity index (χ2n) is 5.52. The van der Waals surface area contributed by atoms with Gasteiger partial charge in [0.1, 0.15) is 5.82 Å². The first kappa shape index (κ1) is 13.8. The van der Waals surface area contributed by atoms with E-state index >= 15 is 0 Å². The molecule has 0 spiro atoms. The van der Waals surface area contributed by atoms with E-state index < -0.39 is 0 Å². The minimum Gasteiger partial charge on any atom is -0.330 e. The number of hydrogen-bond donors (Lipinski definition) is 1. The SMILES string of the molecule is Cc1nc(CN)n(C)c1-c1ccc(CC(C)C)cc1. The molecule has 0 saturated carbocycles. The average molecular weight is 257 g/mol. The summed E-state index contributed by atoms with van der Waals surface area (Å²) in [6.45, 7) is 7.00. The van der Waals surface area contributed by atoms with Gasteiger partial charge in [-0.15, -0.1) is 0 Å². The van der Waals surface area contributed by atoms with Crippen LogP contribution in [-0.4, -0.2) is 9.55 Å². The first-order valence-electron chi connectivity index (χ1n) is 6.84. The number of imidazole rings is 1. The van der Waals surface area contributed by atoms with E-state index in [9.17, 15) is 0 Å². The third-order valence-corrected chi connectivity index (χ3v) is 3.42. The predicted octanol–water partition coefficient (Wildman–Crippen LogP) is 3.05. The molecule has 19 heavy (non-hydrogen) atoms. The summed E-state index contributed by atoms with van der Waals surface area (Å²) in [7, 11) is 2.03. The van der Waals surface area contributed by atoms with Crippen molar-refractivity contribution in [2.45, 2.75) is 33.7 Å². The maximum absolute atomic E-state index is 5.71. The molecule has 0 aliphatic heterocycles. The molecule has 1 heterocycles. The van der Waals surface area contributed by atoms with Gasteiger partial charge in [0.2, 0.25) is 0 Å². The highest BCUT2D eigenvalue weighted by Crippen LogP contribution is 2.24. The molecular weight excluding hydrogens is 234 g/mol. The Labute approximate surface area is 115 Å². The fourth-order valence-electron chi connectivity index (χ4n) is 2.55. The van der Waals surface area contributed by atoms with E-state index in [0.29, 0.717) is 12.5 Å². The van der Waals surface area contributed by atoms with Crippen molar-refractivity contribution in [1.82, 2.24) is 9.55 Å². The van der Waals surface area contributed by atoms with Crippen LogP contribution in [0.5, 0.6) is 0 Å². The fourth-order valence-corrected chi connectivity index (χ4v) is 2.55. The zero-order valence-electron chi connectivity index (χ0n) is 12.3. The Morgan fingerprint density at radius 1 is 1.21 bits per heavy atom. The lowest BCUT2D eigenvalue weighted by Gasteiger charge is -2.08. The Morgan fingerprint density at radius 3 is 2.32 bits per heavy atom. The molecule has 0 atom stereocenters. The van der Waals surface area contributed by atoms with E-state index in [1.165, 1.54) is 11.1 Å². The fraction of sp³-hybridized carbons (Fsp3) is 0.438. The van der Waals surface area contributed by atoms with Crippen molar-refractivity contribution in [3.8, 4) is 11.3 Å². The average Bonchev–Trinajstić information content (AvgIpc) is 2.65. The van der Waals surface area contributed by atoms with Gasteiger partial charge < -0.3 is 10.3 Å². The van der Waals surface area contributed by atoms with Crippen molar-refractivity contribution in [2.24, 2.45) is 18.7 Å². The standard InChI is InChI=1S/C16H23N3/c1-11(2)9-13-5-7-14(8-6-13)16-12(3)18-15(10-17)19(16)4/h5-8,11H,9-10,17H2,1-4H3. The Balaban J connectivity index is 2.34. The number of benzene rings is 1. The molecule has 0 bridgehead atoms. The lowest BCUT2D eigenvalue weighted by Crippen LogP contribution is -2.05. The van der Waals surface area contributed by atoms with Crippen molar-refractivity contribution < 1.29 is 0 Å². The number of nitrogens with two attached hydrogens (primary N) is 1. The largest absolute Gasteiger partial charge is 0.330 e. The Hall–Kier alpha value is -1.61. The van der Waals surface area contributed by atoms with E-state index in [1.807, 2.05) is 14.0 Å². The lowest BCUT2D eigenvalue weighted by atomic mass is 10.0. The van der Waals surface area contributed by atoms with Crippen LogP contribution in [0, 0.1) is 12.8 Å². The molecule has 1 aromatic heterocycles. The topological polar surface area (TPSA) is 43.8 Å². The number of nitrogens with zero attached hydrogens (tertiary/aromatic N) is 2. The summed E-state index contributed by atoms with van der Waals surface area (Å²) in [5.41, 5.74) is 10.5. The van der Waals surface area contributed by atoms with Crippen LogP contribution in [0.2, 0.25) is 0 Å². The third kappa shape index (κ3) is 2.87. The van der Waals surface area contributed by atoms with Gasteiger partial charge in [0.15, 0.2) is 0 Å². The second kappa shape index (κ2) is 5.57. The summed E-state index contributed by atoms with van der Waals surface area (Å²) in [5.74, 6) is 1.62. The highest BCUT2D eigenvalue weighted by atomic mass is 15.1. The van der Waals surface area contributed by atoms with E-state index in [2.05, 4.69) is 47.7 Å². The van der Waals surface area contributed by atoms with Crippen LogP contribution in [0.25, 0.3) is 11.3 Å². The van der Waals surface area contributed by atoms with E-state index in [4.69, 9.17) is 5.73 Å². The maximum Gasteiger partial charge on any atom is 0.122 e. The molecule has 2 N–H and O–H groups in total. The minimum atomic E-state index is 0.475. The number of aromatic nitrogens is 2. The summed E-state index contributed by atoms with van der Waals surface area (Å²) >= 11 is 0. The van der Waals surface area contributed by atoms with Crippen LogP contribution >= 0.6 is 0 Å². The highest BCUT2D eigenvalue weighted by Gasteiger charge is 2.12. The van der Waals surface area contributed by atoms with Crippen LogP contribution in [0.4, 0.5) is 0 Å². The molecule has 3 heteroatoms. The summed E-state index contributed by atoms with van der Waals surface area (Å²) < 4.78 is 2.09. The lowest BCUT2D eigenvalue weighted by molar-refractivity contribution is 0.647. The first-order chi connectivity index (χ1) is 9.02. The third-order valence-electron chi connectivity index (χ3n) is 3.42. The molecule has 2 aromatic rings. The van der Waals surface area contributed by atoms with Crippen molar-refractivity contribution in [2.75, 3.05) is 0 Å². The second-order valence-corrected chi connectivity index (χ2v) is 5.52. The zero-order valence-corrected chi connectivity index (χ0v) is 12.3. The highest BCUT2D eigenvalue weighted by molar-refractivity contribution is 5.63. The molecule has 3 nitrogen and oxygen atoms in total. The van der Waals surface area contributed by atoms with Crippen LogP contribution in [0.3, 0.4) is 0 Å². The van der Waals surface area contributed by atoms with E-state index in [1.54, 1.807) is 0 Å². The van der Waals surface area contributed by atoms with Crippen LogP contribution < -0.4 is 5.73 Å². The van der Waals surface area contributed by atoms with Crippen LogP contribution in [0.15, 0.2) is 24.3 Å². The van der Waals surface area contributed by atoms with Crippen LogP contribution in [-0.2, 0) is 20.0 Å². The predicted molar refractivity (Wildman–Crippen MR) is 79.8 cm³/mol. The Kier molecular flexibility index (Phi) is 4.05. The molecule has 0 amide bonds. The van der Waals surface area contributed by atoms with Gasteiger partial charge in [0.05, 0.1) is 17.9 Å². The zero-order chi connectivity index (χ0) is 14.0. The number of hydrogen-bond acceptors (Lipinski definition) is 2. The van der Waals surface area contributed by atoms with E-state index in [-0.39, 0.29) is 0 Å². The number of aryl methyl sites for hydroxylation is 1. The minimum absolute atomic E-state index is 0.475. The maximum atomic E-state index is 5.71. The summed E-state index contributed by atoms with van der Waals surface area (Å²) in [4.78, 5) is 4.51. The van der Waals surface area contributed by atoms with Gasteiger partial charge in [0.25, 0.3) is 0 Å². The van der Waals surface area contributed by atoms with Gasteiger partial charge in [-0.1, -0.05) is 38.1 Å². The molecule has 0 radical (unpaired) electrons. The normalized spacial score (nSPS) is 11.3. The quantitative estimate of drug-likeness (QED) is 0.915. The van der Waals surface area contributed by atoms with Crippen molar-refractivity contribution in [1.29, 1.82) is 0 Å². The first-order valence-corrected chi connectivity index (χ1v) is 6.84. The van der Waals surface area contributed by atoms with Gasteiger partial charge in [-0.25, -0.2) is 4.98 Å². The van der Waals surface area contributed by atoms with Crippen molar-refractivity contribution >= 4 is 0 Å². The smallest absolute Gasteiger partial charge is 0.122 e. The molecule has 0 saturated heterocycles. The number of rotatable bonds is 4. The van der Waals surface area contributed by atoms with Gasteiger partial charge in [-0.05, 0) is 24.8 Å². The molecule has 0 fully saturated rings. The molecular formula is C16H23N3. The summed E-state index contributed by atoms with van der Waals surface area (Å²) in [6.07, 6.45) is 1.12. The molecule has 0 aliphatic carbocycles. The molecule has 0 aliphatic rings. The van der Waals surface area contributed by atoms with Gasteiger partial charge in [0, 0.05) is 12.6 Å².